The van der Waals surface area contributed by atoms with E-state index in [1.807, 2.05) is 11.9 Å². The van der Waals surface area contributed by atoms with Gasteiger partial charge in [0.25, 0.3) is 0 Å². The van der Waals surface area contributed by atoms with Crippen molar-refractivity contribution in [1.29, 1.82) is 0 Å². The van der Waals surface area contributed by atoms with E-state index in [2.05, 4.69) is 14.8 Å². The number of nitrogens with zero attached hydrogens (tertiary/aromatic N) is 4. The summed E-state index contributed by atoms with van der Waals surface area (Å²) in [5, 5.41) is 3.63. The Kier molecular flexibility index (Phi) is 3.73. The summed E-state index contributed by atoms with van der Waals surface area (Å²) in [6.07, 6.45) is 1.35. The van der Waals surface area contributed by atoms with Crippen molar-refractivity contribution in [2.75, 3.05) is 20.7 Å². The van der Waals surface area contributed by atoms with Crippen LogP contribution in [0.2, 0.25) is 0 Å². The van der Waals surface area contributed by atoms with Crippen LogP contribution in [0.15, 0.2) is 5.11 Å². The Hall–Kier alpha value is -1.26. The maximum absolute atomic E-state index is 11.3. The summed E-state index contributed by atoms with van der Waals surface area (Å²) in [6, 6.07) is -0.357. The smallest absolute Gasteiger partial charge is 0.323 e. The lowest BCUT2D eigenvalue weighted by atomic mass is 9.98. The van der Waals surface area contributed by atoms with Gasteiger partial charge in [-0.2, -0.15) is 0 Å². The van der Waals surface area contributed by atoms with Gasteiger partial charge in [-0.3, -0.25) is 9.69 Å². The highest BCUT2D eigenvalue weighted by atomic mass is 16.5. The molecule has 0 N–H and O–H groups in total. The molecule has 6 nitrogen and oxygen atoms in total. The zero-order valence-electron chi connectivity index (χ0n) is 8.38. The Morgan fingerprint density at radius 1 is 1.71 bits per heavy atom. The van der Waals surface area contributed by atoms with Gasteiger partial charge < -0.3 is 4.74 Å². The van der Waals surface area contributed by atoms with Crippen molar-refractivity contribution in [2.45, 2.75) is 24.9 Å². The first-order valence-electron chi connectivity index (χ1n) is 4.51. The molecular formula is C8H14N4O2. The van der Waals surface area contributed by atoms with E-state index in [1.54, 1.807) is 0 Å². The minimum absolute atomic E-state index is 0.0831. The fourth-order valence-corrected chi connectivity index (χ4v) is 1.65. The van der Waals surface area contributed by atoms with E-state index in [1.165, 1.54) is 7.11 Å². The van der Waals surface area contributed by atoms with E-state index >= 15 is 0 Å². The molecule has 0 amide bonds. The molecule has 1 aliphatic heterocycles. The van der Waals surface area contributed by atoms with Gasteiger partial charge in [0.2, 0.25) is 0 Å². The number of likely N-dealkylation sites (tertiary alicyclic amines) is 1. The average Bonchev–Trinajstić information content (AvgIpc) is 2.20. The van der Waals surface area contributed by atoms with E-state index in [4.69, 9.17) is 5.53 Å². The van der Waals surface area contributed by atoms with Gasteiger partial charge in [0, 0.05) is 11.0 Å². The third kappa shape index (κ3) is 2.37. The molecule has 0 aromatic carbocycles. The summed E-state index contributed by atoms with van der Waals surface area (Å²) in [4.78, 5) is 16.0. The standard InChI is InChI=1S/C8H14N4O2/c1-12-4-3-6(10-11-9)5-7(12)8(13)14-2/h6-7H,3-5H2,1-2H3. The first kappa shape index (κ1) is 10.8. The molecular weight excluding hydrogens is 184 g/mol. The van der Waals surface area contributed by atoms with Crippen molar-refractivity contribution in [3.8, 4) is 0 Å². The Labute approximate surface area is 82.5 Å². The van der Waals surface area contributed by atoms with Gasteiger partial charge in [0.1, 0.15) is 6.04 Å². The van der Waals surface area contributed by atoms with Crippen molar-refractivity contribution in [3.05, 3.63) is 10.4 Å². The van der Waals surface area contributed by atoms with Crippen LogP contribution in [0.3, 0.4) is 0 Å². The van der Waals surface area contributed by atoms with Crippen molar-refractivity contribution in [2.24, 2.45) is 5.11 Å². The van der Waals surface area contributed by atoms with Crippen molar-refractivity contribution in [1.82, 2.24) is 4.90 Å². The summed E-state index contributed by atoms with van der Waals surface area (Å²) >= 11 is 0. The highest BCUT2D eigenvalue weighted by molar-refractivity contribution is 5.75. The fraction of sp³-hybridized carbons (Fsp3) is 0.875. The van der Waals surface area contributed by atoms with E-state index in [-0.39, 0.29) is 18.1 Å². The second-order valence-electron chi connectivity index (χ2n) is 3.40. The summed E-state index contributed by atoms with van der Waals surface area (Å²) < 4.78 is 4.67. The maximum atomic E-state index is 11.3. The van der Waals surface area contributed by atoms with Gasteiger partial charge in [-0.05, 0) is 32.0 Å². The van der Waals surface area contributed by atoms with E-state index in [0.29, 0.717) is 6.42 Å². The first-order chi connectivity index (χ1) is 6.69. The summed E-state index contributed by atoms with van der Waals surface area (Å²) in [5.41, 5.74) is 8.30. The number of rotatable bonds is 2. The van der Waals surface area contributed by atoms with Crippen LogP contribution in [-0.4, -0.2) is 43.7 Å². The van der Waals surface area contributed by atoms with Gasteiger partial charge in [-0.1, -0.05) is 5.11 Å². The van der Waals surface area contributed by atoms with Gasteiger partial charge >= 0.3 is 5.97 Å². The fourth-order valence-electron chi connectivity index (χ4n) is 1.65. The van der Waals surface area contributed by atoms with E-state index in [0.717, 1.165) is 13.0 Å². The Balaban J connectivity index is 2.63. The molecule has 0 saturated carbocycles. The molecule has 1 fully saturated rings. The Morgan fingerprint density at radius 3 is 3.00 bits per heavy atom. The van der Waals surface area contributed by atoms with E-state index in [9.17, 15) is 4.79 Å². The van der Waals surface area contributed by atoms with Crippen LogP contribution in [0.25, 0.3) is 10.4 Å². The molecule has 0 radical (unpaired) electrons. The highest BCUT2D eigenvalue weighted by Gasteiger charge is 2.31. The quantitative estimate of drug-likeness (QED) is 0.286. The molecule has 0 aromatic rings. The number of likely N-dealkylation sites (N-methyl/N-ethyl adjacent to an activating group) is 1. The molecule has 2 unspecified atom stereocenters. The number of methoxy groups -OCH3 is 1. The van der Waals surface area contributed by atoms with Crippen LogP contribution in [0.5, 0.6) is 0 Å². The van der Waals surface area contributed by atoms with Crippen molar-refractivity contribution < 1.29 is 9.53 Å². The van der Waals surface area contributed by atoms with Crippen LogP contribution in [0.4, 0.5) is 0 Å². The predicted molar refractivity (Wildman–Crippen MR) is 50.6 cm³/mol. The summed E-state index contributed by atoms with van der Waals surface area (Å²) in [6.45, 7) is 0.753. The normalized spacial score (nSPS) is 27.9. The van der Waals surface area contributed by atoms with Crippen LogP contribution >= 0.6 is 0 Å². The molecule has 6 heteroatoms. The lowest BCUT2D eigenvalue weighted by molar-refractivity contribution is -0.147. The number of hydrogen-bond donors (Lipinski definition) is 0. The number of hydrogen-bond acceptors (Lipinski definition) is 4. The van der Waals surface area contributed by atoms with Crippen molar-refractivity contribution in [3.63, 3.8) is 0 Å². The van der Waals surface area contributed by atoms with E-state index < -0.39 is 0 Å². The second-order valence-corrected chi connectivity index (χ2v) is 3.40. The molecule has 2 atom stereocenters. The minimum atomic E-state index is -0.274. The lowest BCUT2D eigenvalue weighted by Gasteiger charge is -2.33. The average molecular weight is 198 g/mol. The van der Waals surface area contributed by atoms with Gasteiger partial charge in [0.15, 0.2) is 0 Å². The Bertz CT molecular complexity index is 262. The molecule has 78 valence electrons. The number of azide groups is 1. The van der Waals surface area contributed by atoms with Crippen LogP contribution in [0, 0.1) is 0 Å². The predicted octanol–water partition coefficient (Wildman–Crippen LogP) is 0.932. The molecule has 1 rings (SSSR count). The summed E-state index contributed by atoms with van der Waals surface area (Å²) in [7, 11) is 3.24. The first-order valence-corrected chi connectivity index (χ1v) is 4.51. The van der Waals surface area contributed by atoms with Crippen LogP contribution in [-0.2, 0) is 9.53 Å². The molecule has 0 bridgehead atoms. The van der Waals surface area contributed by atoms with Crippen molar-refractivity contribution >= 4 is 5.97 Å². The molecule has 0 aliphatic carbocycles. The number of ether oxygens (including phenoxy) is 1. The second kappa shape index (κ2) is 4.83. The lowest BCUT2D eigenvalue weighted by Crippen LogP contribution is -2.46. The Morgan fingerprint density at radius 2 is 2.43 bits per heavy atom. The third-order valence-electron chi connectivity index (χ3n) is 2.53. The molecule has 14 heavy (non-hydrogen) atoms. The molecule has 0 spiro atoms. The maximum Gasteiger partial charge on any atom is 0.323 e. The zero-order valence-corrected chi connectivity index (χ0v) is 8.38. The topological polar surface area (TPSA) is 78.3 Å². The van der Waals surface area contributed by atoms with Gasteiger partial charge in [0.05, 0.1) is 7.11 Å². The monoisotopic (exact) mass is 198 g/mol. The highest BCUT2D eigenvalue weighted by Crippen LogP contribution is 2.19. The number of piperidine rings is 1. The van der Waals surface area contributed by atoms with Gasteiger partial charge in [-0.15, -0.1) is 0 Å². The molecule has 1 aliphatic rings. The number of carbonyl (C=O) groups is 1. The summed E-state index contributed by atoms with van der Waals surface area (Å²) in [5.74, 6) is -0.259. The SMILES string of the molecule is COC(=O)C1CC(N=[N+]=[N-])CCN1C. The van der Waals surface area contributed by atoms with Crippen LogP contribution < -0.4 is 0 Å². The molecule has 1 heterocycles. The largest absolute Gasteiger partial charge is 0.468 e. The third-order valence-corrected chi connectivity index (χ3v) is 2.53. The molecule has 0 aromatic heterocycles. The number of esters is 1. The minimum Gasteiger partial charge on any atom is -0.468 e. The van der Waals surface area contributed by atoms with Gasteiger partial charge in [-0.25, -0.2) is 0 Å². The zero-order chi connectivity index (χ0) is 10.6. The molecule has 1 saturated heterocycles. The number of carbonyl (C=O) groups excluding carboxylic acids is 1. The van der Waals surface area contributed by atoms with Crippen LogP contribution in [0.1, 0.15) is 12.8 Å².